The van der Waals surface area contributed by atoms with Crippen LogP contribution in [0.15, 0.2) is 23.0 Å². The number of nitrogens with one attached hydrogen (secondary N) is 1. The topological polar surface area (TPSA) is 83.2 Å². The van der Waals surface area contributed by atoms with E-state index in [1.807, 2.05) is 6.92 Å². The van der Waals surface area contributed by atoms with Crippen LogP contribution in [0.3, 0.4) is 0 Å². The van der Waals surface area contributed by atoms with Gasteiger partial charge in [-0.2, -0.15) is 5.10 Å². The Morgan fingerprint density at radius 3 is 2.58 bits per heavy atom. The first-order valence-corrected chi connectivity index (χ1v) is 7.35. The summed E-state index contributed by atoms with van der Waals surface area (Å²) in [6, 6.07) is 5.36. The molecule has 0 atom stereocenters. The first kappa shape index (κ1) is 15.9. The van der Waals surface area contributed by atoms with Crippen LogP contribution in [0.25, 0.3) is 11.0 Å². The Bertz CT molecular complexity index is 974. The molecule has 3 rings (SSSR count). The molecule has 2 aromatic heterocycles. The third kappa shape index (κ3) is 2.45. The smallest absolute Gasteiger partial charge is 0.280 e. The van der Waals surface area contributed by atoms with E-state index in [1.54, 1.807) is 51.2 Å². The summed E-state index contributed by atoms with van der Waals surface area (Å²) in [5.41, 5.74) is 2.22. The van der Waals surface area contributed by atoms with Gasteiger partial charge < -0.3 is 14.8 Å². The first-order chi connectivity index (χ1) is 11.5. The standard InChI is InChI=1S/C16H19N5O3/c1-9-13-14(21(3)19-9)15(22)20(2)16(18-13)17-11-8-10(23-4)6-7-12(11)24-5/h6-8H,1-5H3,(H,17,18). The van der Waals surface area contributed by atoms with Gasteiger partial charge in [0.2, 0.25) is 5.95 Å². The number of methoxy groups -OCH3 is 2. The maximum atomic E-state index is 12.6. The van der Waals surface area contributed by atoms with E-state index >= 15 is 0 Å². The lowest BCUT2D eigenvalue weighted by Gasteiger charge is -2.14. The number of aryl methyl sites for hydroxylation is 2. The van der Waals surface area contributed by atoms with Gasteiger partial charge in [0.25, 0.3) is 5.56 Å². The Balaban J connectivity index is 2.16. The lowest BCUT2D eigenvalue weighted by atomic mass is 10.2. The fourth-order valence-electron chi connectivity index (χ4n) is 2.60. The molecule has 0 aliphatic carbocycles. The Hall–Kier alpha value is -3.03. The molecular weight excluding hydrogens is 310 g/mol. The van der Waals surface area contributed by atoms with Crippen molar-refractivity contribution in [1.29, 1.82) is 0 Å². The van der Waals surface area contributed by atoms with Gasteiger partial charge in [-0.15, -0.1) is 0 Å². The van der Waals surface area contributed by atoms with Crippen molar-refractivity contribution in [3.63, 3.8) is 0 Å². The molecule has 0 aliphatic rings. The number of nitrogens with zero attached hydrogens (tertiary/aromatic N) is 4. The maximum absolute atomic E-state index is 12.6. The number of hydrogen-bond acceptors (Lipinski definition) is 6. The predicted molar refractivity (Wildman–Crippen MR) is 91.3 cm³/mol. The summed E-state index contributed by atoms with van der Waals surface area (Å²) >= 11 is 0. The van der Waals surface area contributed by atoms with E-state index in [-0.39, 0.29) is 5.56 Å². The number of fused-ring (bicyclic) bond motifs is 1. The summed E-state index contributed by atoms with van der Waals surface area (Å²) in [4.78, 5) is 17.2. The third-order valence-corrected chi connectivity index (χ3v) is 3.89. The molecule has 2 heterocycles. The van der Waals surface area contributed by atoms with Gasteiger partial charge in [-0.25, -0.2) is 4.98 Å². The molecule has 24 heavy (non-hydrogen) atoms. The van der Waals surface area contributed by atoms with E-state index in [4.69, 9.17) is 9.47 Å². The van der Waals surface area contributed by atoms with Crippen LogP contribution in [0.2, 0.25) is 0 Å². The van der Waals surface area contributed by atoms with Crippen molar-refractivity contribution in [1.82, 2.24) is 19.3 Å². The van der Waals surface area contributed by atoms with Crippen LogP contribution in [0, 0.1) is 6.92 Å². The van der Waals surface area contributed by atoms with Gasteiger partial charge in [-0.1, -0.05) is 0 Å². The Labute approximate surface area is 138 Å². The zero-order valence-corrected chi connectivity index (χ0v) is 14.2. The summed E-state index contributed by atoms with van der Waals surface area (Å²) in [5.74, 6) is 1.69. The Morgan fingerprint density at radius 2 is 1.92 bits per heavy atom. The minimum atomic E-state index is -0.174. The van der Waals surface area contributed by atoms with Crippen LogP contribution in [0.1, 0.15) is 5.69 Å². The second-order valence-corrected chi connectivity index (χ2v) is 5.40. The molecule has 0 fully saturated rings. The molecule has 0 amide bonds. The van der Waals surface area contributed by atoms with Crippen molar-refractivity contribution in [2.45, 2.75) is 6.92 Å². The van der Waals surface area contributed by atoms with Gasteiger partial charge >= 0.3 is 0 Å². The van der Waals surface area contributed by atoms with Gasteiger partial charge in [-0.05, 0) is 19.1 Å². The van der Waals surface area contributed by atoms with Gasteiger partial charge in [0.05, 0.1) is 25.6 Å². The SMILES string of the molecule is COc1ccc(OC)c(Nc2nc3c(C)nn(C)c3c(=O)n2C)c1. The second-order valence-electron chi connectivity index (χ2n) is 5.40. The predicted octanol–water partition coefficient (Wildman–Crippen LogP) is 1.74. The molecule has 1 aromatic carbocycles. The fourth-order valence-corrected chi connectivity index (χ4v) is 2.60. The lowest BCUT2D eigenvalue weighted by Crippen LogP contribution is -2.22. The fraction of sp³-hybridized carbons (Fsp3) is 0.312. The molecule has 126 valence electrons. The zero-order chi connectivity index (χ0) is 17.4. The average molecular weight is 329 g/mol. The highest BCUT2D eigenvalue weighted by molar-refractivity contribution is 5.78. The van der Waals surface area contributed by atoms with Crippen molar-refractivity contribution in [2.24, 2.45) is 14.1 Å². The quantitative estimate of drug-likeness (QED) is 0.785. The number of rotatable bonds is 4. The molecule has 0 unspecified atom stereocenters. The average Bonchev–Trinajstić information content (AvgIpc) is 2.86. The van der Waals surface area contributed by atoms with Gasteiger partial charge in [0.1, 0.15) is 17.0 Å². The summed E-state index contributed by atoms with van der Waals surface area (Å²) in [7, 11) is 6.56. The molecule has 0 spiro atoms. The highest BCUT2D eigenvalue weighted by atomic mass is 16.5. The highest BCUT2D eigenvalue weighted by Gasteiger charge is 2.16. The molecule has 0 saturated heterocycles. The van der Waals surface area contributed by atoms with Gasteiger partial charge in [0.15, 0.2) is 5.52 Å². The molecule has 0 bridgehead atoms. The van der Waals surface area contributed by atoms with Crippen LogP contribution >= 0.6 is 0 Å². The van der Waals surface area contributed by atoms with Crippen molar-refractivity contribution < 1.29 is 9.47 Å². The van der Waals surface area contributed by atoms with E-state index in [9.17, 15) is 4.79 Å². The first-order valence-electron chi connectivity index (χ1n) is 7.35. The van der Waals surface area contributed by atoms with E-state index < -0.39 is 0 Å². The Kier molecular flexibility index (Phi) is 3.88. The summed E-state index contributed by atoms with van der Waals surface area (Å²) in [6.07, 6.45) is 0. The van der Waals surface area contributed by atoms with E-state index in [1.165, 1.54) is 4.57 Å². The summed E-state index contributed by atoms with van der Waals surface area (Å²) in [6.45, 7) is 1.82. The van der Waals surface area contributed by atoms with Crippen LogP contribution in [0.4, 0.5) is 11.6 Å². The van der Waals surface area contributed by atoms with E-state index in [2.05, 4.69) is 15.4 Å². The van der Waals surface area contributed by atoms with Gasteiger partial charge in [-0.3, -0.25) is 14.0 Å². The minimum absolute atomic E-state index is 0.174. The number of aromatic nitrogens is 4. The molecule has 0 aliphatic heterocycles. The molecule has 3 aromatic rings. The largest absolute Gasteiger partial charge is 0.497 e. The molecule has 8 heteroatoms. The molecule has 0 saturated carbocycles. The van der Waals surface area contributed by atoms with E-state index in [0.29, 0.717) is 39.9 Å². The van der Waals surface area contributed by atoms with E-state index in [0.717, 1.165) is 0 Å². The van der Waals surface area contributed by atoms with Crippen LogP contribution in [0.5, 0.6) is 11.5 Å². The molecule has 8 nitrogen and oxygen atoms in total. The minimum Gasteiger partial charge on any atom is -0.497 e. The summed E-state index contributed by atoms with van der Waals surface area (Å²) in [5, 5.41) is 7.42. The number of benzene rings is 1. The number of hydrogen-bond donors (Lipinski definition) is 1. The molecule has 1 N–H and O–H groups in total. The van der Waals surface area contributed by atoms with Crippen molar-refractivity contribution in [3.05, 3.63) is 34.2 Å². The molecular formula is C16H19N5O3. The van der Waals surface area contributed by atoms with Crippen LogP contribution in [-0.2, 0) is 14.1 Å². The lowest BCUT2D eigenvalue weighted by molar-refractivity contribution is 0.404. The number of ether oxygens (including phenoxy) is 2. The maximum Gasteiger partial charge on any atom is 0.280 e. The Morgan fingerprint density at radius 1 is 1.17 bits per heavy atom. The third-order valence-electron chi connectivity index (χ3n) is 3.89. The highest BCUT2D eigenvalue weighted by Crippen LogP contribution is 2.31. The number of anilines is 2. The van der Waals surface area contributed by atoms with Crippen molar-refractivity contribution in [3.8, 4) is 11.5 Å². The monoisotopic (exact) mass is 329 g/mol. The van der Waals surface area contributed by atoms with Gasteiger partial charge in [0, 0.05) is 20.2 Å². The van der Waals surface area contributed by atoms with Crippen LogP contribution in [-0.4, -0.2) is 33.6 Å². The second kappa shape index (κ2) is 5.88. The normalized spacial score (nSPS) is 10.9. The zero-order valence-electron chi connectivity index (χ0n) is 14.2. The summed E-state index contributed by atoms with van der Waals surface area (Å²) < 4.78 is 13.6. The van der Waals surface area contributed by atoms with Crippen molar-refractivity contribution in [2.75, 3.05) is 19.5 Å². The molecule has 0 radical (unpaired) electrons. The van der Waals surface area contributed by atoms with Crippen LogP contribution < -0.4 is 20.3 Å². The van der Waals surface area contributed by atoms with Crippen molar-refractivity contribution >= 4 is 22.7 Å².